The van der Waals surface area contributed by atoms with Crippen LogP contribution in [0, 0.1) is 0 Å². The largest absolute Gasteiger partial charge is 0.396 e. The number of hydrazine groups is 1. The summed E-state index contributed by atoms with van der Waals surface area (Å²) in [6.07, 6.45) is 17.4. The first-order valence-electron chi connectivity index (χ1n) is 8.22. The van der Waals surface area contributed by atoms with Crippen molar-refractivity contribution in [2.75, 3.05) is 20.2 Å². The van der Waals surface area contributed by atoms with Gasteiger partial charge in [-0.2, -0.15) is 0 Å². The first kappa shape index (κ1) is 16.1. The average Bonchev–Trinajstić information content (AvgIpc) is 3.00. The summed E-state index contributed by atoms with van der Waals surface area (Å²) in [6, 6.07) is 0.335. The Balaban J connectivity index is 1.64. The molecule has 2 rings (SSSR count). The number of hydrogen-bond donors (Lipinski definition) is 3. The molecule has 2 aliphatic rings. The molecular formula is C17H29N3O. The monoisotopic (exact) mass is 291 g/mol. The van der Waals surface area contributed by atoms with Gasteiger partial charge in [0.25, 0.3) is 0 Å². The van der Waals surface area contributed by atoms with Gasteiger partial charge in [-0.3, -0.25) is 0 Å². The molecule has 0 saturated heterocycles. The molecule has 0 aromatic rings. The van der Waals surface area contributed by atoms with Gasteiger partial charge in [0.15, 0.2) is 0 Å². The number of nitrogens with one attached hydrogen (secondary N) is 2. The van der Waals surface area contributed by atoms with Crippen LogP contribution in [0.1, 0.15) is 44.9 Å². The molecule has 0 aromatic carbocycles. The van der Waals surface area contributed by atoms with Crippen molar-refractivity contribution in [1.29, 1.82) is 0 Å². The fourth-order valence-corrected chi connectivity index (χ4v) is 2.91. The molecule has 0 saturated carbocycles. The van der Waals surface area contributed by atoms with Crippen molar-refractivity contribution in [3.8, 4) is 0 Å². The minimum atomic E-state index is 0.335. The van der Waals surface area contributed by atoms with E-state index in [0.717, 1.165) is 19.4 Å². The predicted octanol–water partition coefficient (Wildman–Crippen LogP) is 2.46. The second-order valence-corrected chi connectivity index (χ2v) is 5.93. The third-order valence-electron chi connectivity index (χ3n) is 4.15. The van der Waals surface area contributed by atoms with Crippen molar-refractivity contribution >= 4 is 0 Å². The number of likely N-dealkylation sites (N-methyl/N-ethyl adjacent to an activating group) is 1. The second kappa shape index (κ2) is 8.90. The van der Waals surface area contributed by atoms with E-state index in [1.807, 2.05) is 0 Å². The van der Waals surface area contributed by atoms with Gasteiger partial charge < -0.3 is 15.4 Å². The molecule has 2 aliphatic heterocycles. The Bertz CT molecular complexity index is 401. The Morgan fingerprint density at radius 3 is 2.62 bits per heavy atom. The van der Waals surface area contributed by atoms with Crippen LogP contribution in [0.15, 0.2) is 35.7 Å². The Labute approximate surface area is 128 Å². The zero-order valence-electron chi connectivity index (χ0n) is 13.1. The van der Waals surface area contributed by atoms with Crippen LogP contribution in [0.25, 0.3) is 0 Å². The maximum absolute atomic E-state index is 8.73. The molecule has 21 heavy (non-hydrogen) atoms. The van der Waals surface area contributed by atoms with Crippen LogP contribution in [0.2, 0.25) is 0 Å². The van der Waals surface area contributed by atoms with E-state index >= 15 is 0 Å². The van der Waals surface area contributed by atoms with Crippen LogP contribution in [0.3, 0.4) is 0 Å². The van der Waals surface area contributed by atoms with Gasteiger partial charge in [-0.25, -0.2) is 5.43 Å². The molecule has 1 atom stereocenters. The van der Waals surface area contributed by atoms with Gasteiger partial charge in [0, 0.05) is 32.1 Å². The van der Waals surface area contributed by atoms with Crippen LogP contribution in [-0.4, -0.2) is 36.2 Å². The van der Waals surface area contributed by atoms with Crippen LogP contribution in [0.5, 0.6) is 0 Å². The van der Waals surface area contributed by atoms with Crippen LogP contribution >= 0.6 is 0 Å². The van der Waals surface area contributed by atoms with Crippen molar-refractivity contribution < 1.29 is 5.11 Å². The lowest BCUT2D eigenvalue weighted by Crippen LogP contribution is -2.36. The Morgan fingerprint density at radius 2 is 1.95 bits per heavy atom. The molecular weight excluding hydrogens is 262 g/mol. The molecule has 0 radical (unpaired) electrons. The van der Waals surface area contributed by atoms with E-state index in [1.165, 1.54) is 43.4 Å². The molecule has 4 nitrogen and oxygen atoms in total. The standard InChI is InChI=1S/C17H29N3O/c1-20-14-15(8-6-4-2-3-5-7-13-21)9-10-17(20)16-11-12-18-19-16/h9-11,14,17-19,21H,2-8,12-13H2,1H3. The highest BCUT2D eigenvalue weighted by Gasteiger charge is 2.19. The first-order chi connectivity index (χ1) is 10.3. The van der Waals surface area contributed by atoms with Crippen LogP contribution in [0.4, 0.5) is 0 Å². The zero-order chi connectivity index (χ0) is 14.9. The van der Waals surface area contributed by atoms with Gasteiger partial charge in [0.2, 0.25) is 0 Å². The molecule has 3 N–H and O–H groups in total. The fraction of sp³-hybridized carbons (Fsp3) is 0.647. The van der Waals surface area contributed by atoms with E-state index in [-0.39, 0.29) is 0 Å². The van der Waals surface area contributed by atoms with Gasteiger partial charge in [-0.15, -0.1) is 0 Å². The lowest BCUT2D eigenvalue weighted by atomic mass is 10.0. The molecule has 0 aliphatic carbocycles. The average molecular weight is 291 g/mol. The van der Waals surface area contributed by atoms with Crippen molar-refractivity contribution in [3.63, 3.8) is 0 Å². The van der Waals surface area contributed by atoms with Gasteiger partial charge in [-0.05, 0) is 30.9 Å². The van der Waals surface area contributed by atoms with E-state index in [1.54, 1.807) is 0 Å². The highest BCUT2D eigenvalue weighted by atomic mass is 16.2. The van der Waals surface area contributed by atoms with E-state index < -0.39 is 0 Å². The molecule has 0 spiro atoms. The molecule has 0 amide bonds. The maximum atomic E-state index is 8.73. The third-order valence-corrected chi connectivity index (χ3v) is 4.15. The van der Waals surface area contributed by atoms with E-state index in [9.17, 15) is 0 Å². The summed E-state index contributed by atoms with van der Waals surface area (Å²) in [5, 5.41) is 8.73. The van der Waals surface area contributed by atoms with E-state index in [2.05, 4.69) is 47.2 Å². The topological polar surface area (TPSA) is 47.5 Å². The van der Waals surface area contributed by atoms with E-state index in [0.29, 0.717) is 12.6 Å². The smallest absolute Gasteiger partial charge is 0.0877 e. The third kappa shape index (κ3) is 5.21. The summed E-state index contributed by atoms with van der Waals surface area (Å²) in [6.45, 7) is 1.24. The predicted molar refractivity (Wildman–Crippen MR) is 87.4 cm³/mol. The number of unbranched alkanes of at least 4 members (excludes halogenated alkanes) is 5. The summed E-state index contributed by atoms with van der Waals surface area (Å²) in [5.74, 6) is 0. The first-order valence-corrected chi connectivity index (χ1v) is 8.22. The number of allylic oxidation sites excluding steroid dienone is 2. The summed E-state index contributed by atoms with van der Waals surface area (Å²) < 4.78 is 0. The number of rotatable bonds is 9. The van der Waals surface area contributed by atoms with Crippen molar-refractivity contribution in [3.05, 3.63) is 35.7 Å². The zero-order valence-corrected chi connectivity index (χ0v) is 13.1. The minimum absolute atomic E-state index is 0.335. The number of aliphatic hydroxyl groups is 1. The van der Waals surface area contributed by atoms with Crippen molar-refractivity contribution in [2.24, 2.45) is 0 Å². The van der Waals surface area contributed by atoms with Gasteiger partial charge in [0.1, 0.15) is 0 Å². The maximum Gasteiger partial charge on any atom is 0.0877 e. The van der Waals surface area contributed by atoms with Crippen molar-refractivity contribution in [2.45, 2.75) is 51.0 Å². The molecule has 1 unspecified atom stereocenters. The number of hydrogen-bond acceptors (Lipinski definition) is 4. The summed E-state index contributed by atoms with van der Waals surface area (Å²) >= 11 is 0. The molecule has 2 heterocycles. The number of nitrogens with zero attached hydrogens (tertiary/aromatic N) is 1. The molecule has 0 fully saturated rings. The normalized spacial score (nSPS) is 21.2. The minimum Gasteiger partial charge on any atom is -0.396 e. The van der Waals surface area contributed by atoms with Gasteiger partial charge in [0.05, 0.1) is 6.04 Å². The van der Waals surface area contributed by atoms with E-state index in [4.69, 9.17) is 5.11 Å². The Morgan fingerprint density at radius 1 is 1.19 bits per heavy atom. The SMILES string of the molecule is CN1C=C(CCCCCCCCO)C=CC1C1=CCNN1. The fourth-order valence-electron chi connectivity index (χ4n) is 2.91. The Kier molecular flexibility index (Phi) is 6.83. The second-order valence-electron chi connectivity index (χ2n) is 5.93. The summed E-state index contributed by atoms with van der Waals surface area (Å²) in [4.78, 5) is 2.28. The van der Waals surface area contributed by atoms with Crippen molar-refractivity contribution in [1.82, 2.24) is 15.8 Å². The summed E-state index contributed by atoms with van der Waals surface area (Å²) in [7, 11) is 2.14. The molecule has 118 valence electrons. The lowest BCUT2D eigenvalue weighted by Gasteiger charge is -2.29. The quantitative estimate of drug-likeness (QED) is 0.571. The highest BCUT2D eigenvalue weighted by Crippen LogP contribution is 2.21. The van der Waals surface area contributed by atoms with Crippen LogP contribution < -0.4 is 10.9 Å². The van der Waals surface area contributed by atoms with Gasteiger partial charge >= 0.3 is 0 Å². The summed E-state index contributed by atoms with van der Waals surface area (Å²) in [5.41, 5.74) is 9.01. The highest BCUT2D eigenvalue weighted by molar-refractivity contribution is 5.31. The lowest BCUT2D eigenvalue weighted by molar-refractivity contribution is 0.282. The number of aliphatic hydroxyl groups excluding tert-OH is 1. The molecule has 0 aromatic heterocycles. The molecule has 0 bridgehead atoms. The molecule has 4 heteroatoms. The van der Waals surface area contributed by atoms with Crippen LogP contribution in [-0.2, 0) is 0 Å². The Hall–Kier alpha value is -1.26. The van der Waals surface area contributed by atoms with Gasteiger partial charge in [-0.1, -0.05) is 37.8 Å².